The fourth-order valence-electron chi connectivity index (χ4n) is 1.04. The minimum Gasteiger partial charge on any atom is -0.251 e. The Kier molecular flexibility index (Phi) is 9.59. The molecule has 0 heterocycles. The molecule has 0 amide bonds. The van der Waals surface area contributed by atoms with Gasteiger partial charge in [0, 0.05) is 0 Å². The molecule has 2 nitrogen and oxygen atoms in total. The van der Waals surface area contributed by atoms with Crippen LogP contribution in [0.2, 0.25) is 0 Å². The minimum atomic E-state index is -0.216. The monoisotopic (exact) mass is 196 g/mol. The van der Waals surface area contributed by atoms with Gasteiger partial charge in [0.15, 0.2) is 0 Å². The van der Waals surface area contributed by atoms with Gasteiger partial charge >= 0.3 is 0 Å². The van der Waals surface area contributed by atoms with Gasteiger partial charge in [-0.25, -0.2) is 4.89 Å². The summed E-state index contributed by atoms with van der Waals surface area (Å²) in [4.78, 5) is 4.26. The topological polar surface area (TPSA) is 29.5 Å². The van der Waals surface area contributed by atoms with Crippen LogP contribution in [0.1, 0.15) is 33.1 Å². The van der Waals surface area contributed by atoms with Gasteiger partial charge in [0.2, 0.25) is 0 Å². The van der Waals surface area contributed by atoms with E-state index in [9.17, 15) is 0 Å². The van der Waals surface area contributed by atoms with Crippen LogP contribution in [-0.4, -0.2) is 11.4 Å². The number of rotatable bonds is 7. The van der Waals surface area contributed by atoms with Crippen LogP contribution < -0.4 is 0 Å². The molecule has 1 unspecified atom stereocenters. The summed E-state index contributed by atoms with van der Waals surface area (Å²) in [5.41, 5.74) is 0. The molecule has 2 heteroatoms. The molecule has 80 valence electrons. The molecule has 0 spiro atoms. The molecule has 0 bridgehead atoms. The molecule has 0 aliphatic carbocycles. The Balaban J connectivity index is 3.62. The van der Waals surface area contributed by atoms with Gasteiger partial charge in [0.1, 0.15) is 6.10 Å². The van der Waals surface area contributed by atoms with Crippen LogP contribution in [-0.2, 0) is 4.89 Å². The van der Waals surface area contributed by atoms with Crippen molar-refractivity contribution < 1.29 is 10.1 Å². The van der Waals surface area contributed by atoms with Crippen LogP contribution in [0.25, 0.3) is 0 Å². The lowest BCUT2D eigenvalue weighted by Gasteiger charge is -2.03. The van der Waals surface area contributed by atoms with E-state index in [4.69, 9.17) is 5.26 Å². The standard InChI is InChI=1S/C12H20O2/c1-3-5-6-7-8-9-11-12(14-13)10-4-2/h4-6,8-10,12-13H,3,7,11H2,1-2H3/b6-5-,9-8-,10-4+. The summed E-state index contributed by atoms with van der Waals surface area (Å²) in [6, 6.07) is 0. The van der Waals surface area contributed by atoms with Crippen molar-refractivity contribution in [1.82, 2.24) is 0 Å². The predicted molar refractivity (Wildman–Crippen MR) is 60.1 cm³/mol. The lowest BCUT2D eigenvalue weighted by atomic mass is 10.2. The smallest absolute Gasteiger partial charge is 0.114 e. The van der Waals surface area contributed by atoms with Crippen molar-refractivity contribution >= 4 is 0 Å². The SMILES string of the molecule is C/C=C/C(C/C=C\C/C=C\CC)OO. The molecule has 0 aromatic rings. The maximum Gasteiger partial charge on any atom is 0.114 e. The van der Waals surface area contributed by atoms with Crippen molar-refractivity contribution in [2.45, 2.75) is 39.2 Å². The molecule has 0 aliphatic rings. The van der Waals surface area contributed by atoms with E-state index >= 15 is 0 Å². The second-order valence-corrected chi connectivity index (χ2v) is 2.99. The molecule has 0 aromatic carbocycles. The van der Waals surface area contributed by atoms with Gasteiger partial charge in [-0.3, -0.25) is 5.26 Å². The van der Waals surface area contributed by atoms with E-state index in [0.717, 1.165) is 12.8 Å². The molecule has 0 radical (unpaired) electrons. The molecular formula is C12H20O2. The quantitative estimate of drug-likeness (QED) is 0.382. The Morgan fingerprint density at radius 1 is 1.21 bits per heavy atom. The number of allylic oxidation sites excluding steroid dienone is 4. The lowest BCUT2D eigenvalue weighted by Crippen LogP contribution is -2.04. The van der Waals surface area contributed by atoms with Crippen molar-refractivity contribution in [1.29, 1.82) is 0 Å². The summed E-state index contributed by atoms with van der Waals surface area (Å²) in [7, 11) is 0. The Morgan fingerprint density at radius 2 is 1.93 bits per heavy atom. The highest BCUT2D eigenvalue weighted by Gasteiger charge is 1.99. The average molecular weight is 196 g/mol. The largest absolute Gasteiger partial charge is 0.251 e. The Morgan fingerprint density at radius 3 is 2.50 bits per heavy atom. The zero-order valence-corrected chi connectivity index (χ0v) is 9.02. The molecule has 1 atom stereocenters. The van der Waals surface area contributed by atoms with E-state index in [1.54, 1.807) is 0 Å². The van der Waals surface area contributed by atoms with Crippen molar-refractivity contribution in [3.63, 3.8) is 0 Å². The molecule has 0 rings (SSSR count). The number of hydrogen-bond acceptors (Lipinski definition) is 2. The Bertz CT molecular complexity index is 192. The number of hydrogen-bond donors (Lipinski definition) is 1. The zero-order chi connectivity index (χ0) is 10.6. The van der Waals surface area contributed by atoms with Crippen molar-refractivity contribution in [3.8, 4) is 0 Å². The molecule has 0 aliphatic heterocycles. The highest BCUT2D eigenvalue weighted by molar-refractivity contribution is 4.96. The summed E-state index contributed by atoms with van der Waals surface area (Å²) in [6.07, 6.45) is 14.6. The fraction of sp³-hybridized carbons (Fsp3) is 0.500. The van der Waals surface area contributed by atoms with E-state index in [0.29, 0.717) is 6.42 Å². The van der Waals surface area contributed by atoms with Crippen LogP contribution >= 0.6 is 0 Å². The molecule has 1 N–H and O–H groups in total. The first-order valence-electron chi connectivity index (χ1n) is 5.08. The van der Waals surface area contributed by atoms with Crippen LogP contribution in [0.15, 0.2) is 36.5 Å². The van der Waals surface area contributed by atoms with Crippen LogP contribution in [0.3, 0.4) is 0 Å². The molecule has 0 saturated heterocycles. The van der Waals surface area contributed by atoms with Gasteiger partial charge in [0.05, 0.1) is 0 Å². The molecule has 0 fully saturated rings. The first-order valence-corrected chi connectivity index (χ1v) is 5.08. The second kappa shape index (κ2) is 10.2. The molecule has 14 heavy (non-hydrogen) atoms. The normalized spacial score (nSPS) is 14.8. The minimum absolute atomic E-state index is 0.216. The summed E-state index contributed by atoms with van der Waals surface area (Å²) in [6.45, 7) is 4.02. The second-order valence-electron chi connectivity index (χ2n) is 2.99. The molecule has 0 saturated carbocycles. The van der Waals surface area contributed by atoms with Crippen molar-refractivity contribution in [2.24, 2.45) is 0 Å². The first kappa shape index (κ1) is 13.1. The summed E-state index contributed by atoms with van der Waals surface area (Å²) >= 11 is 0. The average Bonchev–Trinajstić information content (AvgIpc) is 2.21. The summed E-state index contributed by atoms with van der Waals surface area (Å²) in [5.74, 6) is 0. The summed E-state index contributed by atoms with van der Waals surface area (Å²) < 4.78 is 0. The van der Waals surface area contributed by atoms with E-state index in [2.05, 4.69) is 30.0 Å². The van der Waals surface area contributed by atoms with Gasteiger partial charge in [-0.15, -0.1) is 0 Å². The highest BCUT2D eigenvalue weighted by Crippen LogP contribution is 2.01. The van der Waals surface area contributed by atoms with Crippen molar-refractivity contribution in [2.75, 3.05) is 0 Å². The zero-order valence-electron chi connectivity index (χ0n) is 9.02. The van der Waals surface area contributed by atoms with Gasteiger partial charge in [-0.2, -0.15) is 0 Å². The van der Waals surface area contributed by atoms with Crippen LogP contribution in [0.5, 0.6) is 0 Å². The van der Waals surface area contributed by atoms with Gasteiger partial charge in [-0.05, 0) is 26.2 Å². The third-order valence-corrected chi connectivity index (χ3v) is 1.75. The predicted octanol–water partition coefficient (Wildman–Crippen LogP) is 3.72. The lowest BCUT2D eigenvalue weighted by molar-refractivity contribution is -0.264. The van der Waals surface area contributed by atoms with Crippen molar-refractivity contribution in [3.05, 3.63) is 36.5 Å². The summed E-state index contributed by atoms with van der Waals surface area (Å²) in [5, 5.41) is 8.50. The van der Waals surface area contributed by atoms with Gasteiger partial charge < -0.3 is 0 Å². The maximum absolute atomic E-state index is 8.50. The van der Waals surface area contributed by atoms with Crippen LogP contribution in [0, 0.1) is 0 Å². The van der Waals surface area contributed by atoms with E-state index in [1.165, 1.54) is 0 Å². The third kappa shape index (κ3) is 7.77. The van der Waals surface area contributed by atoms with Gasteiger partial charge in [-0.1, -0.05) is 43.4 Å². The van der Waals surface area contributed by atoms with E-state index < -0.39 is 0 Å². The molecule has 0 aromatic heterocycles. The third-order valence-electron chi connectivity index (χ3n) is 1.75. The maximum atomic E-state index is 8.50. The van der Waals surface area contributed by atoms with Crippen LogP contribution in [0.4, 0.5) is 0 Å². The fourth-order valence-corrected chi connectivity index (χ4v) is 1.04. The Labute approximate surface area is 86.5 Å². The molecular weight excluding hydrogens is 176 g/mol. The van der Waals surface area contributed by atoms with Gasteiger partial charge in [0.25, 0.3) is 0 Å². The first-order chi connectivity index (χ1) is 6.85. The van der Waals surface area contributed by atoms with E-state index in [1.807, 2.05) is 25.2 Å². The Hall–Kier alpha value is -0.860. The van der Waals surface area contributed by atoms with E-state index in [-0.39, 0.29) is 6.10 Å². The highest BCUT2D eigenvalue weighted by atomic mass is 17.1.